The Labute approximate surface area is 519 Å². The van der Waals surface area contributed by atoms with E-state index in [9.17, 15) is 0 Å². The highest BCUT2D eigenvalue weighted by Gasteiger charge is 2.46. The van der Waals surface area contributed by atoms with Crippen molar-refractivity contribution in [1.29, 1.82) is 0 Å². The fourth-order valence-electron chi connectivity index (χ4n) is 13.9. The molecule has 420 valence electrons. The minimum atomic E-state index is -0.165. The molecule has 0 aromatic heterocycles. The van der Waals surface area contributed by atoms with Gasteiger partial charge in [-0.05, 0) is 150 Å². The lowest BCUT2D eigenvalue weighted by Crippen LogP contribution is -2.61. The molecule has 0 N–H and O–H groups in total. The first-order valence-electron chi connectivity index (χ1n) is 31.5. The zero-order valence-corrected chi connectivity index (χ0v) is 49.7. The SMILES string of the molecule is CCCCCCCc1cc2c3c(c1)N(c1c(-c4ccccc4)cc(-c4ccccc4)cc1-c1ccccc1)c1ccc(-c4ccccc4)cc1B3c1cc(-c3ccccc3)ccc1N2c1c(-c2ccccc2)cc(-c2ccccc2)cc1-c1ccccc1. The van der Waals surface area contributed by atoms with Gasteiger partial charge in [0, 0.05) is 45.0 Å². The van der Waals surface area contributed by atoms with E-state index in [0.29, 0.717) is 0 Å². The first-order valence-corrected chi connectivity index (χ1v) is 31.5. The zero-order chi connectivity index (χ0) is 58.8. The molecule has 0 saturated heterocycles. The maximum absolute atomic E-state index is 2.71. The van der Waals surface area contributed by atoms with Gasteiger partial charge in [-0.3, -0.25) is 0 Å². The molecule has 0 unspecified atom stereocenters. The third kappa shape index (κ3) is 10.2. The van der Waals surface area contributed by atoms with Crippen molar-refractivity contribution in [3.05, 3.63) is 321 Å². The normalized spacial score (nSPS) is 12.1. The van der Waals surface area contributed by atoms with E-state index in [-0.39, 0.29) is 6.71 Å². The van der Waals surface area contributed by atoms with Gasteiger partial charge in [0.25, 0.3) is 6.71 Å². The molecule has 13 aromatic carbocycles. The van der Waals surface area contributed by atoms with Crippen LogP contribution >= 0.6 is 0 Å². The molecular formula is C85H67BN2. The lowest BCUT2D eigenvalue weighted by Gasteiger charge is -2.46. The Morgan fingerprint density at radius 3 is 0.864 bits per heavy atom. The highest BCUT2D eigenvalue weighted by molar-refractivity contribution is 7.00. The van der Waals surface area contributed by atoms with E-state index in [1.807, 2.05) is 0 Å². The van der Waals surface area contributed by atoms with Crippen molar-refractivity contribution in [1.82, 2.24) is 0 Å². The van der Waals surface area contributed by atoms with Crippen molar-refractivity contribution in [3.63, 3.8) is 0 Å². The van der Waals surface area contributed by atoms with Crippen LogP contribution in [0.15, 0.2) is 315 Å². The van der Waals surface area contributed by atoms with Crippen LogP contribution in [0.2, 0.25) is 0 Å². The summed E-state index contributed by atoms with van der Waals surface area (Å²) >= 11 is 0. The molecule has 0 fully saturated rings. The third-order valence-corrected chi connectivity index (χ3v) is 18.1. The number of nitrogens with zero attached hydrogens (tertiary/aromatic N) is 2. The number of unbranched alkanes of at least 4 members (excludes halogenated alkanes) is 4. The van der Waals surface area contributed by atoms with Gasteiger partial charge < -0.3 is 9.80 Å². The van der Waals surface area contributed by atoms with Gasteiger partial charge in [0.2, 0.25) is 0 Å². The Hall–Kier alpha value is -10.5. The maximum Gasteiger partial charge on any atom is 0.252 e. The molecule has 0 aliphatic carbocycles. The van der Waals surface area contributed by atoms with Crippen molar-refractivity contribution in [2.45, 2.75) is 45.4 Å². The summed E-state index contributed by atoms with van der Waals surface area (Å²) in [5.41, 5.74) is 31.1. The van der Waals surface area contributed by atoms with Crippen LogP contribution in [0.1, 0.15) is 44.6 Å². The molecule has 88 heavy (non-hydrogen) atoms. The number of fused-ring (bicyclic) bond motifs is 4. The van der Waals surface area contributed by atoms with Gasteiger partial charge in [0.1, 0.15) is 0 Å². The van der Waals surface area contributed by atoms with Gasteiger partial charge in [0.05, 0.1) is 11.4 Å². The molecule has 0 amide bonds. The van der Waals surface area contributed by atoms with Crippen molar-refractivity contribution < 1.29 is 0 Å². The zero-order valence-electron chi connectivity index (χ0n) is 49.7. The number of benzene rings is 13. The molecule has 3 heteroatoms. The molecule has 2 heterocycles. The summed E-state index contributed by atoms with van der Waals surface area (Å²) in [5.74, 6) is 0. The number of rotatable bonds is 16. The van der Waals surface area contributed by atoms with Crippen molar-refractivity contribution in [3.8, 4) is 89.0 Å². The van der Waals surface area contributed by atoms with Crippen LogP contribution in [-0.2, 0) is 6.42 Å². The number of aryl methyl sites for hydroxylation is 1. The van der Waals surface area contributed by atoms with Crippen LogP contribution in [0.4, 0.5) is 34.1 Å². The minimum Gasteiger partial charge on any atom is -0.310 e. The fourth-order valence-corrected chi connectivity index (χ4v) is 13.9. The second-order valence-corrected chi connectivity index (χ2v) is 23.6. The smallest absolute Gasteiger partial charge is 0.252 e. The Kier molecular flexibility index (Phi) is 14.9. The average molecular weight is 1130 g/mol. The second-order valence-electron chi connectivity index (χ2n) is 23.6. The lowest BCUT2D eigenvalue weighted by molar-refractivity contribution is 0.632. The molecule has 2 nitrogen and oxygen atoms in total. The van der Waals surface area contributed by atoms with Crippen molar-refractivity contribution in [2.24, 2.45) is 0 Å². The summed E-state index contributed by atoms with van der Waals surface area (Å²) in [6.07, 6.45) is 6.91. The van der Waals surface area contributed by atoms with Crippen LogP contribution in [-0.4, -0.2) is 6.71 Å². The van der Waals surface area contributed by atoms with Gasteiger partial charge in [-0.25, -0.2) is 0 Å². The summed E-state index contributed by atoms with van der Waals surface area (Å²) in [6.45, 7) is 2.15. The van der Waals surface area contributed by atoms with Crippen LogP contribution in [0.25, 0.3) is 89.0 Å². The first kappa shape index (κ1) is 54.2. The third-order valence-electron chi connectivity index (χ3n) is 18.1. The summed E-state index contributed by atoms with van der Waals surface area (Å²) in [6, 6.07) is 118. The van der Waals surface area contributed by atoms with Crippen LogP contribution in [0, 0.1) is 0 Å². The van der Waals surface area contributed by atoms with Crippen molar-refractivity contribution in [2.75, 3.05) is 9.80 Å². The van der Waals surface area contributed by atoms with E-state index >= 15 is 0 Å². The molecule has 0 saturated carbocycles. The summed E-state index contributed by atoms with van der Waals surface area (Å²) < 4.78 is 0. The molecule has 0 atom stereocenters. The molecule has 0 radical (unpaired) electrons. The van der Waals surface area contributed by atoms with Gasteiger partial charge in [-0.15, -0.1) is 0 Å². The molecular weight excluding hydrogens is 1060 g/mol. The molecule has 15 rings (SSSR count). The van der Waals surface area contributed by atoms with E-state index < -0.39 is 0 Å². The Balaban J connectivity index is 1.11. The van der Waals surface area contributed by atoms with Gasteiger partial charge in [-0.1, -0.05) is 300 Å². The van der Waals surface area contributed by atoms with E-state index in [2.05, 4.69) is 332 Å². The number of anilines is 6. The van der Waals surface area contributed by atoms with E-state index in [1.54, 1.807) is 0 Å². The quantitative estimate of drug-likeness (QED) is 0.0703. The molecule has 2 aliphatic heterocycles. The van der Waals surface area contributed by atoms with Gasteiger partial charge in [-0.2, -0.15) is 0 Å². The topological polar surface area (TPSA) is 6.48 Å². The standard InChI is InChI=1S/C85H67BN2/c1-2-3-4-5-14-31-60-52-81-83-82(53-60)88(85-75(67-44-27-12-28-45-67)56-72(64-38-21-9-22-39-64)57-76(85)68-46-29-13-30-47-68)80-51-49-70(62-34-17-7-18-35-62)59-78(80)86(83)77-58-69(61-32-15-6-16-33-61)48-50-79(77)87(81)84-73(65-40-23-10-24-41-65)54-71(63-36-19-8-20-37-63)55-74(84)66-42-25-11-26-43-66/h6-13,15-30,32-59H,2-5,14,31H2,1H3. The molecule has 13 aromatic rings. The highest BCUT2D eigenvalue weighted by atomic mass is 15.2. The Morgan fingerprint density at radius 2 is 0.545 bits per heavy atom. The Morgan fingerprint density at radius 1 is 0.250 bits per heavy atom. The Bertz CT molecular complexity index is 4180. The van der Waals surface area contributed by atoms with Crippen LogP contribution in [0.3, 0.4) is 0 Å². The summed E-state index contributed by atoms with van der Waals surface area (Å²) in [5, 5.41) is 0. The first-order chi connectivity index (χ1) is 43.6. The van der Waals surface area contributed by atoms with E-state index in [4.69, 9.17) is 0 Å². The largest absolute Gasteiger partial charge is 0.310 e. The molecule has 2 aliphatic rings. The molecule has 0 spiro atoms. The number of hydrogen-bond acceptors (Lipinski definition) is 2. The summed E-state index contributed by atoms with van der Waals surface area (Å²) in [7, 11) is 0. The van der Waals surface area contributed by atoms with Crippen molar-refractivity contribution >= 4 is 57.2 Å². The highest BCUT2D eigenvalue weighted by Crippen LogP contribution is 2.55. The predicted octanol–water partition coefficient (Wildman–Crippen LogP) is 21.6. The maximum atomic E-state index is 2.71. The minimum absolute atomic E-state index is 0.165. The fraction of sp³-hybridized carbons (Fsp3) is 0.0824. The lowest BCUT2D eigenvalue weighted by atomic mass is 9.33. The average Bonchev–Trinajstić information content (AvgIpc) is 0.700. The van der Waals surface area contributed by atoms with Gasteiger partial charge in [0.15, 0.2) is 0 Å². The molecule has 0 bridgehead atoms. The monoisotopic (exact) mass is 1130 g/mol. The van der Waals surface area contributed by atoms with Crippen LogP contribution in [0.5, 0.6) is 0 Å². The predicted molar refractivity (Wildman–Crippen MR) is 376 cm³/mol. The number of hydrogen-bond donors (Lipinski definition) is 0. The van der Waals surface area contributed by atoms with E-state index in [0.717, 1.165) is 46.5 Å². The summed E-state index contributed by atoms with van der Waals surface area (Å²) in [4.78, 5) is 5.41. The van der Waals surface area contributed by atoms with Gasteiger partial charge >= 0.3 is 0 Å². The van der Waals surface area contributed by atoms with Crippen LogP contribution < -0.4 is 26.2 Å². The second kappa shape index (κ2) is 24.1. The van der Waals surface area contributed by atoms with E-state index in [1.165, 1.54) is 137 Å².